The molecule has 3 unspecified atom stereocenters. The third-order valence-electron chi connectivity index (χ3n) is 5.43. The van der Waals surface area contributed by atoms with Crippen molar-refractivity contribution in [3.8, 4) is 11.5 Å². The molecule has 0 spiro atoms. The fourth-order valence-corrected chi connectivity index (χ4v) is 5.28. The molecule has 1 heterocycles. The zero-order chi connectivity index (χ0) is 18.7. The predicted octanol–water partition coefficient (Wildman–Crippen LogP) is 6.20. The summed E-state index contributed by atoms with van der Waals surface area (Å²) in [7, 11) is 1.79. The van der Waals surface area contributed by atoms with E-state index in [1.807, 2.05) is 6.92 Å². The van der Waals surface area contributed by atoms with Gasteiger partial charge in [-0.2, -0.15) is 11.8 Å². The van der Waals surface area contributed by atoms with Gasteiger partial charge in [-0.05, 0) is 67.5 Å². The van der Waals surface area contributed by atoms with Gasteiger partial charge in [-0.15, -0.1) is 0 Å². The van der Waals surface area contributed by atoms with Crippen LogP contribution in [0, 0.1) is 12.8 Å². The molecule has 3 heteroatoms. The highest BCUT2D eigenvalue weighted by molar-refractivity contribution is 8.00. The van der Waals surface area contributed by atoms with E-state index in [1.54, 1.807) is 7.11 Å². The fourth-order valence-electron chi connectivity index (χ4n) is 3.63. The minimum atomic E-state index is 0.537. The molecule has 26 heavy (non-hydrogen) atoms. The summed E-state index contributed by atoms with van der Waals surface area (Å²) in [6, 6.07) is 13.1. The number of hydrogen-bond acceptors (Lipinski definition) is 3. The second kappa shape index (κ2) is 8.39. The summed E-state index contributed by atoms with van der Waals surface area (Å²) < 4.78 is 11.3. The van der Waals surface area contributed by atoms with Crippen molar-refractivity contribution in [2.24, 2.45) is 5.92 Å². The van der Waals surface area contributed by atoms with Gasteiger partial charge in [0.05, 0.1) is 13.7 Å². The van der Waals surface area contributed by atoms with Gasteiger partial charge in [0.1, 0.15) is 11.5 Å². The van der Waals surface area contributed by atoms with Gasteiger partial charge in [-0.25, -0.2) is 0 Å². The summed E-state index contributed by atoms with van der Waals surface area (Å²) >= 11 is 2.09. The first-order valence-corrected chi connectivity index (χ1v) is 10.5. The number of benzene rings is 2. The predicted molar refractivity (Wildman–Crippen MR) is 112 cm³/mol. The van der Waals surface area contributed by atoms with Crippen molar-refractivity contribution in [3.05, 3.63) is 58.7 Å². The maximum absolute atomic E-state index is 5.73. The van der Waals surface area contributed by atoms with Crippen molar-refractivity contribution in [2.45, 2.75) is 51.0 Å². The Bertz CT molecular complexity index is 729. The summed E-state index contributed by atoms with van der Waals surface area (Å²) in [5.41, 5.74) is 5.36. The minimum Gasteiger partial charge on any atom is -0.496 e. The second-order valence-corrected chi connectivity index (χ2v) is 8.90. The van der Waals surface area contributed by atoms with Gasteiger partial charge >= 0.3 is 0 Å². The summed E-state index contributed by atoms with van der Waals surface area (Å²) in [5.74, 6) is 2.73. The van der Waals surface area contributed by atoms with Crippen LogP contribution in [0.25, 0.3) is 0 Å². The van der Waals surface area contributed by atoms with Gasteiger partial charge in [0.2, 0.25) is 0 Å². The van der Waals surface area contributed by atoms with Gasteiger partial charge in [-0.3, -0.25) is 0 Å². The van der Waals surface area contributed by atoms with Crippen molar-refractivity contribution >= 4 is 11.8 Å². The number of hydrogen-bond donors (Lipinski definition) is 0. The molecule has 2 aromatic carbocycles. The lowest BCUT2D eigenvalue weighted by molar-refractivity contribution is 0.340. The molecule has 0 radical (unpaired) electrons. The van der Waals surface area contributed by atoms with E-state index in [0.717, 1.165) is 23.8 Å². The summed E-state index contributed by atoms with van der Waals surface area (Å²) in [6.07, 6.45) is 2.17. The Labute approximate surface area is 162 Å². The molecule has 3 rings (SSSR count). The van der Waals surface area contributed by atoms with Gasteiger partial charge in [0.25, 0.3) is 0 Å². The van der Waals surface area contributed by atoms with Gasteiger partial charge < -0.3 is 9.47 Å². The second-order valence-electron chi connectivity index (χ2n) is 7.32. The minimum absolute atomic E-state index is 0.537. The fraction of sp³-hybridized carbons (Fsp3) is 0.478. The van der Waals surface area contributed by atoms with Crippen LogP contribution in [-0.4, -0.2) is 19.0 Å². The van der Waals surface area contributed by atoms with Crippen LogP contribution in [0.3, 0.4) is 0 Å². The molecule has 1 fully saturated rings. The molecule has 0 amide bonds. The Balaban J connectivity index is 1.86. The Morgan fingerprint density at radius 2 is 1.85 bits per heavy atom. The lowest BCUT2D eigenvalue weighted by Gasteiger charge is -2.18. The van der Waals surface area contributed by atoms with Gasteiger partial charge in [0, 0.05) is 16.1 Å². The van der Waals surface area contributed by atoms with Crippen molar-refractivity contribution < 1.29 is 9.47 Å². The van der Waals surface area contributed by atoms with Gasteiger partial charge in [-0.1, -0.05) is 32.0 Å². The Morgan fingerprint density at radius 3 is 2.42 bits per heavy atom. The zero-order valence-electron chi connectivity index (χ0n) is 16.5. The first kappa shape index (κ1) is 19.2. The molecular weight excluding hydrogens is 340 g/mol. The molecular formula is C23H30O2S. The summed E-state index contributed by atoms with van der Waals surface area (Å²) in [4.78, 5) is 0. The van der Waals surface area contributed by atoms with Crippen LogP contribution in [0.15, 0.2) is 36.4 Å². The van der Waals surface area contributed by atoms with E-state index < -0.39 is 0 Å². The average Bonchev–Trinajstić information content (AvgIpc) is 2.97. The zero-order valence-corrected chi connectivity index (χ0v) is 17.4. The lowest BCUT2D eigenvalue weighted by atomic mass is 9.93. The molecule has 0 saturated carbocycles. The highest BCUT2D eigenvalue weighted by Gasteiger charge is 2.31. The summed E-state index contributed by atoms with van der Waals surface area (Å²) in [6.45, 7) is 9.61. The van der Waals surface area contributed by atoms with E-state index in [4.69, 9.17) is 9.47 Å². The molecule has 2 nitrogen and oxygen atoms in total. The van der Waals surface area contributed by atoms with Crippen LogP contribution in [-0.2, 0) is 6.42 Å². The SMILES string of the molecule is CCOc1ccc(Cc2cc(C3CC(C)C(C)S3)c(OC)cc2C)cc1. The standard InChI is InChI=1S/C23H30O2S/c1-6-25-20-9-7-18(8-10-20)13-19-14-21(22(24-5)11-16(19)3)23-12-15(2)17(4)26-23/h7-11,14-15,17,23H,6,12-13H2,1-5H3. The van der Waals surface area contributed by atoms with Crippen LogP contribution < -0.4 is 9.47 Å². The van der Waals surface area contributed by atoms with E-state index >= 15 is 0 Å². The topological polar surface area (TPSA) is 18.5 Å². The van der Waals surface area contributed by atoms with Crippen molar-refractivity contribution in [1.82, 2.24) is 0 Å². The van der Waals surface area contributed by atoms with Crippen LogP contribution in [0.1, 0.15) is 54.7 Å². The maximum atomic E-state index is 5.73. The summed E-state index contributed by atoms with van der Waals surface area (Å²) in [5, 5.41) is 1.25. The average molecular weight is 371 g/mol. The molecule has 1 aliphatic rings. The molecule has 140 valence electrons. The molecule has 0 N–H and O–H groups in total. The van der Waals surface area contributed by atoms with Crippen LogP contribution in [0.2, 0.25) is 0 Å². The highest BCUT2D eigenvalue weighted by atomic mass is 32.2. The van der Waals surface area contributed by atoms with Crippen molar-refractivity contribution in [3.63, 3.8) is 0 Å². The van der Waals surface area contributed by atoms with E-state index in [0.29, 0.717) is 17.1 Å². The Kier molecular flexibility index (Phi) is 6.18. The first-order valence-electron chi connectivity index (χ1n) is 9.56. The Hall–Kier alpha value is -1.61. The van der Waals surface area contributed by atoms with Crippen molar-refractivity contribution in [1.29, 1.82) is 0 Å². The number of aryl methyl sites for hydroxylation is 1. The van der Waals surface area contributed by atoms with Gasteiger partial charge in [0.15, 0.2) is 0 Å². The third kappa shape index (κ3) is 4.20. The molecule has 1 aliphatic heterocycles. The van der Waals surface area contributed by atoms with Crippen LogP contribution in [0.5, 0.6) is 11.5 Å². The maximum Gasteiger partial charge on any atom is 0.123 e. The number of ether oxygens (including phenoxy) is 2. The quantitative estimate of drug-likeness (QED) is 0.603. The third-order valence-corrected chi connectivity index (χ3v) is 7.10. The monoisotopic (exact) mass is 370 g/mol. The number of rotatable bonds is 6. The number of methoxy groups -OCH3 is 1. The van der Waals surface area contributed by atoms with E-state index in [9.17, 15) is 0 Å². The number of thioether (sulfide) groups is 1. The molecule has 0 aliphatic carbocycles. The van der Waals surface area contributed by atoms with E-state index in [2.05, 4.69) is 68.9 Å². The van der Waals surface area contributed by atoms with E-state index in [-0.39, 0.29) is 0 Å². The normalized spacial score (nSPS) is 22.4. The molecule has 0 bridgehead atoms. The first-order chi connectivity index (χ1) is 12.5. The van der Waals surface area contributed by atoms with Crippen LogP contribution >= 0.6 is 11.8 Å². The Morgan fingerprint density at radius 1 is 1.12 bits per heavy atom. The largest absolute Gasteiger partial charge is 0.496 e. The smallest absolute Gasteiger partial charge is 0.123 e. The molecule has 1 saturated heterocycles. The molecule has 3 atom stereocenters. The molecule has 2 aromatic rings. The molecule has 0 aromatic heterocycles. The van der Waals surface area contributed by atoms with Crippen molar-refractivity contribution in [2.75, 3.05) is 13.7 Å². The van der Waals surface area contributed by atoms with Crippen LogP contribution in [0.4, 0.5) is 0 Å². The van der Waals surface area contributed by atoms with E-state index in [1.165, 1.54) is 28.7 Å². The highest BCUT2D eigenvalue weighted by Crippen LogP contribution is 2.50. The lowest BCUT2D eigenvalue weighted by Crippen LogP contribution is -2.02.